The van der Waals surface area contributed by atoms with E-state index in [1.54, 1.807) is 0 Å². The lowest BCUT2D eigenvalue weighted by molar-refractivity contribution is 0.436. The summed E-state index contributed by atoms with van der Waals surface area (Å²) in [4.78, 5) is 11.4. The average molecular weight is 945 g/mol. The van der Waals surface area contributed by atoms with Crippen LogP contribution < -0.4 is 9.47 Å². The van der Waals surface area contributed by atoms with Crippen LogP contribution in [0.5, 0.6) is 23.0 Å². The summed E-state index contributed by atoms with van der Waals surface area (Å²) in [7, 11) is 0. The fourth-order valence-corrected chi connectivity index (χ4v) is 13.5. The van der Waals surface area contributed by atoms with Gasteiger partial charge in [0.05, 0.1) is 22.6 Å². The van der Waals surface area contributed by atoms with Crippen LogP contribution in [0.2, 0.25) is 0 Å². The molecule has 0 saturated heterocycles. The number of hydrogen-bond acceptors (Lipinski definition) is 4. The van der Waals surface area contributed by atoms with E-state index in [4.69, 9.17) is 26.0 Å². The van der Waals surface area contributed by atoms with E-state index in [1.165, 1.54) is 55.3 Å². The second-order valence-corrected chi connectivity index (χ2v) is 20.4. The van der Waals surface area contributed by atoms with Gasteiger partial charge in [-0.2, -0.15) is 0 Å². The Labute approximate surface area is 428 Å². The average Bonchev–Trinajstić information content (AvgIpc) is 3.84. The minimum atomic E-state index is -0.682. The number of hydrogen-bond donors (Lipinski definition) is 0. The monoisotopic (exact) mass is 944 g/mol. The molecule has 0 radical (unpaired) electrons. The summed E-state index contributed by atoms with van der Waals surface area (Å²) in [5.74, 6) is 4.02. The quantitative estimate of drug-likeness (QED) is 0.166. The fraction of sp³-hybridized carbons (Fsp3) is 0.0571. The van der Waals surface area contributed by atoms with Gasteiger partial charge in [0.25, 0.3) is 0 Å². The number of benzene rings is 11. The van der Waals surface area contributed by atoms with Crippen molar-refractivity contribution in [1.82, 2.24) is 0 Å². The van der Waals surface area contributed by atoms with E-state index in [1.807, 2.05) is 0 Å². The van der Waals surface area contributed by atoms with Crippen molar-refractivity contribution in [2.45, 2.75) is 23.3 Å². The lowest BCUT2D eigenvalue weighted by Gasteiger charge is -2.40. The lowest BCUT2D eigenvalue weighted by Crippen LogP contribution is -2.32. The maximum atomic E-state index is 7.07. The molecule has 4 heteroatoms. The number of aliphatic imine (C=N–C) groups is 2. The van der Waals surface area contributed by atoms with E-state index in [-0.39, 0.29) is 0 Å². The van der Waals surface area contributed by atoms with E-state index < -0.39 is 16.9 Å². The first-order valence-corrected chi connectivity index (χ1v) is 25.5. The molecule has 346 valence electrons. The highest BCUT2D eigenvalue weighted by Gasteiger charge is 2.53. The van der Waals surface area contributed by atoms with Crippen LogP contribution in [0, 0.1) is 0 Å². The van der Waals surface area contributed by atoms with Gasteiger partial charge in [0.15, 0.2) is 5.84 Å². The molecule has 0 fully saturated rings. The maximum absolute atomic E-state index is 7.07. The zero-order chi connectivity index (χ0) is 48.7. The van der Waals surface area contributed by atoms with Crippen LogP contribution >= 0.6 is 0 Å². The fourth-order valence-electron chi connectivity index (χ4n) is 13.5. The lowest BCUT2D eigenvalue weighted by atomic mass is 9.65. The van der Waals surface area contributed by atoms with Crippen molar-refractivity contribution in [2.75, 3.05) is 0 Å². The molecule has 11 aromatic carbocycles. The Kier molecular flexibility index (Phi) is 8.54. The second kappa shape index (κ2) is 15.3. The molecular weight excluding hydrogens is 901 g/mol. The van der Waals surface area contributed by atoms with Crippen molar-refractivity contribution in [3.63, 3.8) is 0 Å². The van der Waals surface area contributed by atoms with Crippen LogP contribution in [0.25, 0.3) is 43.8 Å². The van der Waals surface area contributed by atoms with Crippen LogP contribution in [0.3, 0.4) is 0 Å². The third-order valence-electron chi connectivity index (χ3n) is 16.6. The summed E-state index contributed by atoms with van der Waals surface area (Å²) in [6, 6.07) is 85.3. The van der Waals surface area contributed by atoms with Gasteiger partial charge < -0.3 is 9.47 Å². The van der Waals surface area contributed by atoms with Gasteiger partial charge >= 0.3 is 0 Å². The molecule has 11 aromatic rings. The predicted octanol–water partition coefficient (Wildman–Crippen LogP) is 16.9. The minimum Gasteiger partial charge on any atom is -0.457 e. The highest BCUT2D eigenvalue weighted by Crippen LogP contribution is 2.64. The molecule has 4 nitrogen and oxygen atoms in total. The Hall–Kier alpha value is -9.38. The molecule has 0 bridgehead atoms. The molecular formula is C70H44N2O2. The molecule has 16 rings (SSSR count). The zero-order valence-electron chi connectivity index (χ0n) is 40.2. The summed E-state index contributed by atoms with van der Waals surface area (Å²) in [5.41, 5.74) is 17.8. The topological polar surface area (TPSA) is 43.2 Å². The van der Waals surface area contributed by atoms with Crippen molar-refractivity contribution in [2.24, 2.45) is 9.98 Å². The van der Waals surface area contributed by atoms with Gasteiger partial charge in [0.1, 0.15) is 23.0 Å². The maximum Gasteiger partial charge on any atom is 0.155 e. The van der Waals surface area contributed by atoms with E-state index >= 15 is 0 Å². The van der Waals surface area contributed by atoms with Gasteiger partial charge in [-0.25, -0.2) is 4.99 Å². The number of fused-ring (bicyclic) bond motifs is 20. The van der Waals surface area contributed by atoms with Crippen LogP contribution in [0.1, 0.15) is 73.7 Å². The largest absolute Gasteiger partial charge is 0.457 e. The van der Waals surface area contributed by atoms with Crippen molar-refractivity contribution < 1.29 is 9.47 Å². The SMILES string of the molecule is C=C1CC(c2ccccc2)=NC(c2ccc3c(c2)C2(c4cc5ccccc5cc4O3)c3ccccc3-c3ccccc32)=NC1c1ccc2c(c1)C1(c3cc4ccccc4cc3O2)c2ccccc2-c2ccccc21. The number of amidine groups is 1. The summed E-state index contributed by atoms with van der Waals surface area (Å²) in [5, 5.41) is 4.62. The molecule has 0 aromatic heterocycles. The third kappa shape index (κ3) is 5.57. The molecule has 1 atom stereocenters. The van der Waals surface area contributed by atoms with Crippen LogP contribution in [0.4, 0.5) is 0 Å². The van der Waals surface area contributed by atoms with E-state index in [0.717, 1.165) is 84.0 Å². The Morgan fingerprint density at radius 1 is 0.365 bits per heavy atom. The van der Waals surface area contributed by atoms with Crippen LogP contribution in [-0.4, -0.2) is 11.5 Å². The van der Waals surface area contributed by atoms with E-state index in [9.17, 15) is 0 Å². The van der Waals surface area contributed by atoms with Crippen molar-refractivity contribution in [1.29, 1.82) is 0 Å². The Morgan fingerprint density at radius 3 is 1.30 bits per heavy atom. The molecule has 2 aliphatic carbocycles. The standard InChI is InChI=1S/C70H44N2O2/c1-42-35-62(43-17-3-2-4-18-43)71-68(49-32-34-64-59(39-49)70(61-37-45-20-6-8-22-47(45)41-66(61)74-64)56-29-15-11-25-52(56)53-26-12-16-30-57(53)70)72-67(42)48-31-33-63-58(38-48)69(60-36-44-19-5-7-21-46(44)40-65(60)73-63)54-27-13-9-23-50(54)51-24-10-14-28-55(51)69/h2-34,36-41,67H,1,35H2. The first-order valence-electron chi connectivity index (χ1n) is 25.5. The van der Waals surface area contributed by atoms with Gasteiger partial charge in [-0.3, -0.25) is 4.99 Å². The Balaban J connectivity index is 0.923. The van der Waals surface area contributed by atoms with Crippen LogP contribution in [0.15, 0.2) is 259 Å². The van der Waals surface area contributed by atoms with Crippen molar-refractivity contribution in [3.05, 3.63) is 310 Å². The molecule has 0 amide bonds. The number of rotatable bonds is 3. The molecule has 0 N–H and O–H groups in total. The van der Waals surface area contributed by atoms with Gasteiger partial charge in [-0.15, -0.1) is 0 Å². The van der Waals surface area contributed by atoms with E-state index in [2.05, 4.69) is 237 Å². The molecule has 5 aliphatic rings. The predicted molar refractivity (Wildman–Crippen MR) is 299 cm³/mol. The van der Waals surface area contributed by atoms with E-state index in [0.29, 0.717) is 12.3 Å². The molecule has 0 saturated carbocycles. The minimum absolute atomic E-state index is 0.441. The van der Waals surface area contributed by atoms with Crippen LogP contribution in [-0.2, 0) is 10.8 Å². The Morgan fingerprint density at radius 2 is 0.784 bits per heavy atom. The highest BCUT2D eigenvalue weighted by molar-refractivity contribution is 6.14. The molecule has 1 unspecified atom stereocenters. The molecule has 74 heavy (non-hydrogen) atoms. The second-order valence-electron chi connectivity index (χ2n) is 20.4. The van der Waals surface area contributed by atoms with Crippen molar-refractivity contribution >= 4 is 33.1 Å². The summed E-state index contributed by atoms with van der Waals surface area (Å²) < 4.78 is 14.1. The third-order valence-corrected chi connectivity index (χ3v) is 16.6. The number of nitrogens with zero attached hydrogens (tertiary/aromatic N) is 2. The molecule has 2 spiro atoms. The summed E-state index contributed by atoms with van der Waals surface area (Å²) >= 11 is 0. The first-order chi connectivity index (χ1) is 36.6. The van der Waals surface area contributed by atoms with Crippen molar-refractivity contribution in [3.8, 4) is 45.3 Å². The van der Waals surface area contributed by atoms with Gasteiger partial charge in [-0.1, -0.05) is 189 Å². The first kappa shape index (κ1) is 41.3. The summed E-state index contributed by atoms with van der Waals surface area (Å²) in [6.45, 7) is 4.87. The zero-order valence-corrected chi connectivity index (χ0v) is 40.2. The Bertz CT molecular complexity index is 4240. The molecule has 3 heterocycles. The highest BCUT2D eigenvalue weighted by atomic mass is 16.5. The van der Waals surface area contributed by atoms with Gasteiger partial charge in [0, 0.05) is 34.2 Å². The molecule has 3 aliphatic heterocycles. The summed E-state index contributed by atoms with van der Waals surface area (Å²) in [6.07, 6.45) is 0.542. The van der Waals surface area contributed by atoms with Gasteiger partial charge in [0.2, 0.25) is 0 Å². The normalized spacial score (nSPS) is 16.5. The smallest absolute Gasteiger partial charge is 0.155 e. The van der Waals surface area contributed by atoms with Gasteiger partial charge in [-0.05, 0) is 137 Å². The number of ether oxygens (including phenoxy) is 2.